The highest BCUT2D eigenvalue weighted by atomic mass is 16.5. The average molecular weight is 277 g/mol. The van der Waals surface area contributed by atoms with Crippen molar-refractivity contribution in [1.29, 1.82) is 0 Å². The molecular formula is C14H19N3O3. The summed E-state index contributed by atoms with van der Waals surface area (Å²) in [6, 6.07) is 1.83. The number of amides is 2. The molecule has 1 aromatic rings. The summed E-state index contributed by atoms with van der Waals surface area (Å²) in [5.41, 5.74) is 5.69. The second kappa shape index (κ2) is 4.92. The molecule has 1 saturated carbocycles. The monoisotopic (exact) mass is 277 g/mol. The third-order valence-electron chi connectivity index (χ3n) is 4.27. The van der Waals surface area contributed by atoms with Crippen LogP contribution in [0.3, 0.4) is 0 Å². The zero-order valence-electron chi connectivity index (χ0n) is 11.5. The molecule has 2 heterocycles. The zero-order chi connectivity index (χ0) is 14.3. The van der Waals surface area contributed by atoms with Crippen molar-refractivity contribution in [2.45, 2.75) is 44.6 Å². The summed E-state index contributed by atoms with van der Waals surface area (Å²) in [4.78, 5) is 25.5. The molecule has 0 radical (unpaired) electrons. The molecule has 1 saturated heterocycles. The summed E-state index contributed by atoms with van der Waals surface area (Å²) in [6.45, 7) is 2.36. The van der Waals surface area contributed by atoms with Gasteiger partial charge in [0.05, 0.1) is 5.92 Å². The molecule has 2 N–H and O–H groups in total. The first-order valence-electron chi connectivity index (χ1n) is 7.13. The van der Waals surface area contributed by atoms with Crippen molar-refractivity contribution < 1.29 is 14.1 Å². The second-order valence-corrected chi connectivity index (χ2v) is 5.87. The largest absolute Gasteiger partial charge is 0.369 e. The van der Waals surface area contributed by atoms with Crippen LogP contribution < -0.4 is 5.73 Å². The molecule has 2 atom stereocenters. The van der Waals surface area contributed by atoms with Crippen LogP contribution in [0.4, 0.5) is 0 Å². The molecule has 0 aromatic carbocycles. The quantitative estimate of drug-likeness (QED) is 0.901. The van der Waals surface area contributed by atoms with Crippen LogP contribution >= 0.6 is 0 Å². The van der Waals surface area contributed by atoms with Crippen LogP contribution in [0.5, 0.6) is 0 Å². The summed E-state index contributed by atoms with van der Waals surface area (Å²) in [6.07, 6.45) is 3.73. The summed E-state index contributed by atoms with van der Waals surface area (Å²) >= 11 is 0. The maximum absolute atomic E-state index is 12.5. The number of hydrogen-bond donors (Lipinski definition) is 1. The van der Waals surface area contributed by atoms with Crippen LogP contribution in [-0.2, 0) is 4.79 Å². The first-order valence-corrected chi connectivity index (χ1v) is 7.13. The highest BCUT2D eigenvalue weighted by Gasteiger charge is 2.34. The molecule has 0 bridgehead atoms. The second-order valence-electron chi connectivity index (χ2n) is 5.87. The van der Waals surface area contributed by atoms with Gasteiger partial charge >= 0.3 is 0 Å². The topological polar surface area (TPSA) is 89.4 Å². The fourth-order valence-corrected chi connectivity index (χ4v) is 2.72. The molecule has 0 unspecified atom stereocenters. The molecule has 20 heavy (non-hydrogen) atoms. The van der Waals surface area contributed by atoms with Crippen LogP contribution in [-0.4, -0.2) is 34.5 Å². The molecule has 6 heteroatoms. The Balaban J connectivity index is 1.74. The average Bonchev–Trinajstić information content (AvgIpc) is 3.16. The molecule has 108 valence electrons. The van der Waals surface area contributed by atoms with E-state index in [1.165, 1.54) is 0 Å². The van der Waals surface area contributed by atoms with Gasteiger partial charge in [-0.2, -0.15) is 0 Å². The molecule has 1 aliphatic heterocycles. The van der Waals surface area contributed by atoms with E-state index in [-0.39, 0.29) is 23.8 Å². The fraction of sp³-hybridized carbons (Fsp3) is 0.643. The van der Waals surface area contributed by atoms with Crippen LogP contribution in [0.2, 0.25) is 0 Å². The molecule has 1 aromatic heterocycles. The summed E-state index contributed by atoms with van der Waals surface area (Å²) in [5, 5.41) is 3.87. The van der Waals surface area contributed by atoms with Gasteiger partial charge in [-0.3, -0.25) is 9.59 Å². The minimum absolute atomic E-state index is 0.0965. The highest BCUT2D eigenvalue weighted by Crippen LogP contribution is 2.40. The fourth-order valence-electron chi connectivity index (χ4n) is 2.72. The van der Waals surface area contributed by atoms with Crippen molar-refractivity contribution in [2.24, 2.45) is 11.7 Å². The Labute approximate surface area is 117 Å². The number of likely N-dealkylation sites (tertiary alicyclic amines) is 1. The van der Waals surface area contributed by atoms with E-state index < -0.39 is 0 Å². The predicted molar refractivity (Wildman–Crippen MR) is 70.9 cm³/mol. The van der Waals surface area contributed by atoms with Gasteiger partial charge in [-0.1, -0.05) is 5.16 Å². The first-order chi connectivity index (χ1) is 9.56. The number of hydrogen-bond acceptors (Lipinski definition) is 4. The van der Waals surface area contributed by atoms with Crippen LogP contribution in [0, 0.1) is 5.92 Å². The predicted octanol–water partition coefficient (Wildman–Crippen LogP) is 1.28. The van der Waals surface area contributed by atoms with Gasteiger partial charge in [-0.05, 0) is 32.6 Å². The minimum atomic E-state index is -0.339. The molecular weight excluding hydrogens is 258 g/mol. The highest BCUT2D eigenvalue weighted by molar-refractivity contribution is 5.93. The molecule has 3 rings (SSSR count). The maximum atomic E-state index is 12.5. The van der Waals surface area contributed by atoms with Crippen molar-refractivity contribution in [2.75, 3.05) is 6.54 Å². The lowest BCUT2D eigenvalue weighted by atomic mass is 9.92. The van der Waals surface area contributed by atoms with E-state index in [9.17, 15) is 9.59 Å². The molecule has 6 nitrogen and oxygen atoms in total. The Morgan fingerprint density at radius 2 is 2.10 bits per heavy atom. The van der Waals surface area contributed by atoms with Gasteiger partial charge in [-0.15, -0.1) is 0 Å². The van der Waals surface area contributed by atoms with E-state index in [0.717, 1.165) is 31.4 Å². The van der Waals surface area contributed by atoms with Gasteiger partial charge in [0, 0.05) is 24.6 Å². The number of carbonyl (C=O) groups is 2. The SMILES string of the molecule is C[C@H]1CC[C@@H](C(N)=O)CN1C(=O)c1cc(C2CC2)on1. The molecule has 2 amide bonds. The van der Waals surface area contributed by atoms with Crippen molar-refractivity contribution in [3.8, 4) is 0 Å². The van der Waals surface area contributed by atoms with Crippen molar-refractivity contribution in [3.05, 3.63) is 17.5 Å². The van der Waals surface area contributed by atoms with E-state index in [2.05, 4.69) is 5.16 Å². The van der Waals surface area contributed by atoms with Gasteiger partial charge in [-0.25, -0.2) is 0 Å². The third kappa shape index (κ3) is 2.42. The van der Waals surface area contributed by atoms with Crippen molar-refractivity contribution in [3.63, 3.8) is 0 Å². The Morgan fingerprint density at radius 3 is 2.75 bits per heavy atom. The maximum Gasteiger partial charge on any atom is 0.276 e. The van der Waals surface area contributed by atoms with Crippen LogP contribution in [0.1, 0.15) is 54.8 Å². The number of primary amides is 1. The lowest BCUT2D eigenvalue weighted by Gasteiger charge is -2.36. The van der Waals surface area contributed by atoms with Crippen molar-refractivity contribution in [1.82, 2.24) is 10.1 Å². The molecule has 2 aliphatic rings. The first kappa shape index (κ1) is 13.1. The van der Waals surface area contributed by atoms with E-state index >= 15 is 0 Å². The summed E-state index contributed by atoms with van der Waals surface area (Å²) in [5.74, 6) is 0.461. The molecule has 0 spiro atoms. The number of aromatic nitrogens is 1. The van der Waals surface area contributed by atoms with Gasteiger partial charge in [0.2, 0.25) is 5.91 Å². The number of carbonyl (C=O) groups excluding carboxylic acids is 2. The zero-order valence-corrected chi connectivity index (χ0v) is 11.5. The Kier molecular flexibility index (Phi) is 3.23. The van der Waals surface area contributed by atoms with Gasteiger partial charge in [0.15, 0.2) is 5.69 Å². The number of nitrogens with two attached hydrogens (primary N) is 1. The molecule has 1 aliphatic carbocycles. The number of piperidine rings is 1. The summed E-state index contributed by atoms with van der Waals surface area (Å²) in [7, 11) is 0. The Hall–Kier alpha value is -1.85. The normalized spacial score (nSPS) is 26.6. The van der Waals surface area contributed by atoms with E-state index in [4.69, 9.17) is 10.3 Å². The summed E-state index contributed by atoms with van der Waals surface area (Å²) < 4.78 is 5.22. The smallest absolute Gasteiger partial charge is 0.276 e. The van der Waals surface area contributed by atoms with Crippen LogP contribution in [0.15, 0.2) is 10.6 Å². The third-order valence-corrected chi connectivity index (χ3v) is 4.27. The van der Waals surface area contributed by atoms with Crippen molar-refractivity contribution >= 4 is 11.8 Å². The minimum Gasteiger partial charge on any atom is -0.369 e. The molecule has 2 fully saturated rings. The Bertz CT molecular complexity index is 536. The van der Waals surface area contributed by atoms with Gasteiger partial charge in [0.25, 0.3) is 5.91 Å². The lowest BCUT2D eigenvalue weighted by Crippen LogP contribution is -2.48. The van der Waals surface area contributed by atoms with E-state index in [1.54, 1.807) is 11.0 Å². The number of rotatable bonds is 3. The standard InChI is InChI=1S/C14H19N3O3/c1-8-2-3-10(13(15)18)7-17(8)14(19)11-6-12(20-16-11)9-4-5-9/h6,8-10H,2-5,7H2,1H3,(H2,15,18)/t8-,10+/m0/s1. The van der Waals surface area contributed by atoms with E-state index in [1.807, 2.05) is 6.92 Å². The van der Waals surface area contributed by atoms with E-state index in [0.29, 0.717) is 18.2 Å². The van der Waals surface area contributed by atoms with Gasteiger partial charge in [0.1, 0.15) is 5.76 Å². The Morgan fingerprint density at radius 1 is 1.35 bits per heavy atom. The lowest BCUT2D eigenvalue weighted by molar-refractivity contribution is -0.123. The number of nitrogens with zero attached hydrogens (tertiary/aromatic N) is 2. The van der Waals surface area contributed by atoms with Crippen LogP contribution in [0.25, 0.3) is 0 Å². The van der Waals surface area contributed by atoms with Gasteiger partial charge < -0.3 is 15.2 Å².